The van der Waals surface area contributed by atoms with Crippen LogP contribution in [0.15, 0.2) is 18.3 Å². The lowest BCUT2D eigenvalue weighted by molar-refractivity contribution is 0.0836. The summed E-state index contributed by atoms with van der Waals surface area (Å²) in [6.07, 6.45) is 3.95. The first-order valence-electron chi connectivity index (χ1n) is 6.00. The third kappa shape index (κ3) is 2.03. The van der Waals surface area contributed by atoms with E-state index in [9.17, 15) is 0 Å². The van der Waals surface area contributed by atoms with Crippen molar-refractivity contribution in [3.05, 3.63) is 29.7 Å². The SMILES string of the molecule is NCc1ccn2nc(C3CCOCC3)nc2c1. The Hall–Kier alpha value is -1.46. The van der Waals surface area contributed by atoms with Gasteiger partial charge in [0.25, 0.3) is 0 Å². The molecule has 3 rings (SSSR count). The highest BCUT2D eigenvalue weighted by molar-refractivity contribution is 5.40. The van der Waals surface area contributed by atoms with E-state index >= 15 is 0 Å². The minimum atomic E-state index is 0.435. The average Bonchev–Trinajstić information content (AvgIpc) is 2.82. The standard InChI is InChI=1S/C12H16N4O/c13-8-9-1-4-16-11(7-9)14-12(15-16)10-2-5-17-6-3-10/h1,4,7,10H,2-3,5-6,8,13H2. The van der Waals surface area contributed by atoms with Gasteiger partial charge in [-0.05, 0) is 30.5 Å². The van der Waals surface area contributed by atoms with E-state index in [-0.39, 0.29) is 0 Å². The topological polar surface area (TPSA) is 65.4 Å². The van der Waals surface area contributed by atoms with E-state index in [0.29, 0.717) is 12.5 Å². The maximum absolute atomic E-state index is 5.62. The zero-order chi connectivity index (χ0) is 11.7. The largest absolute Gasteiger partial charge is 0.381 e. The Bertz CT molecular complexity index is 516. The van der Waals surface area contributed by atoms with E-state index < -0.39 is 0 Å². The van der Waals surface area contributed by atoms with Gasteiger partial charge in [0, 0.05) is 31.9 Å². The van der Waals surface area contributed by atoms with Crippen molar-refractivity contribution in [1.82, 2.24) is 14.6 Å². The zero-order valence-corrected chi connectivity index (χ0v) is 9.67. The van der Waals surface area contributed by atoms with Crippen LogP contribution in [0.1, 0.15) is 30.1 Å². The molecule has 0 bridgehead atoms. The molecule has 3 heterocycles. The van der Waals surface area contributed by atoms with Gasteiger partial charge in [-0.3, -0.25) is 0 Å². The molecule has 0 saturated carbocycles. The van der Waals surface area contributed by atoms with Crippen LogP contribution in [0.25, 0.3) is 5.65 Å². The first-order chi connectivity index (χ1) is 8.36. The number of aromatic nitrogens is 3. The van der Waals surface area contributed by atoms with Crippen LogP contribution in [0, 0.1) is 0 Å². The summed E-state index contributed by atoms with van der Waals surface area (Å²) in [7, 11) is 0. The second kappa shape index (κ2) is 4.43. The van der Waals surface area contributed by atoms with Gasteiger partial charge >= 0.3 is 0 Å². The van der Waals surface area contributed by atoms with Crippen LogP contribution < -0.4 is 5.73 Å². The van der Waals surface area contributed by atoms with Gasteiger partial charge in [0.1, 0.15) is 0 Å². The number of nitrogens with two attached hydrogens (primary N) is 1. The molecule has 0 amide bonds. The molecule has 0 spiro atoms. The van der Waals surface area contributed by atoms with Crippen LogP contribution in [0.3, 0.4) is 0 Å². The summed E-state index contributed by atoms with van der Waals surface area (Å²) in [6.45, 7) is 2.17. The van der Waals surface area contributed by atoms with Crippen LogP contribution in [0.2, 0.25) is 0 Å². The Balaban J connectivity index is 1.95. The van der Waals surface area contributed by atoms with Crippen LogP contribution in [-0.4, -0.2) is 27.8 Å². The maximum Gasteiger partial charge on any atom is 0.155 e. The second-order valence-electron chi connectivity index (χ2n) is 4.40. The van der Waals surface area contributed by atoms with Crippen molar-refractivity contribution >= 4 is 5.65 Å². The lowest BCUT2D eigenvalue weighted by Crippen LogP contribution is -2.15. The van der Waals surface area contributed by atoms with Crippen molar-refractivity contribution in [3.63, 3.8) is 0 Å². The highest BCUT2D eigenvalue weighted by Crippen LogP contribution is 2.24. The Kier molecular flexibility index (Phi) is 2.78. The summed E-state index contributed by atoms with van der Waals surface area (Å²) in [5.41, 5.74) is 7.59. The minimum Gasteiger partial charge on any atom is -0.381 e. The smallest absolute Gasteiger partial charge is 0.155 e. The monoisotopic (exact) mass is 232 g/mol. The molecule has 5 heteroatoms. The summed E-state index contributed by atoms with van der Waals surface area (Å²) >= 11 is 0. The minimum absolute atomic E-state index is 0.435. The molecular formula is C12H16N4O. The summed E-state index contributed by atoms with van der Waals surface area (Å²) < 4.78 is 7.18. The molecule has 0 atom stereocenters. The Morgan fingerprint density at radius 1 is 1.41 bits per heavy atom. The van der Waals surface area contributed by atoms with Crippen molar-refractivity contribution in [2.24, 2.45) is 5.73 Å². The number of nitrogens with zero attached hydrogens (tertiary/aromatic N) is 3. The number of rotatable bonds is 2. The fraction of sp³-hybridized carbons (Fsp3) is 0.500. The summed E-state index contributed by atoms with van der Waals surface area (Å²) in [6, 6.07) is 3.98. The second-order valence-corrected chi connectivity index (χ2v) is 4.40. The first-order valence-corrected chi connectivity index (χ1v) is 6.00. The molecule has 17 heavy (non-hydrogen) atoms. The van der Waals surface area contributed by atoms with Gasteiger partial charge in [-0.1, -0.05) is 0 Å². The predicted molar refractivity (Wildman–Crippen MR) is 63.7 cm³/mol. The third-order valence-corrected chi connectivity index (χ3v) is 3.24. The van der Waals surface area contributed by atoms with Crippen LogP contribution >= 0.6 is 0 Å². The van der Waals surface area contributed by atoms with Crippen molar-refractivity contribution in [1.29, 1.82) is 0 Å². The Morgan fingerprint density at radius 2 is 2.24 bits per heavy atom. The number of fused-ring (bicyclic) bond motifs is 1. The van der Waals surface area contributed by atoms with Crippen LogP contribution in [-0.2, 0) is 11.3 Å². The van der Waals surface area contributed by atoms with E-state index in [1.807, 2.05) is 22.8 Å². The molecule has 0 radical (unpaired) electrons. The van der Waals surface area contributed by atoms with Gasteiger partial charge in [-0.15, -0.1) is 0 Å². The highest BCUT2D eigenvalue weighted by atomic mass is 16.5. The van der Waals surface area contributed by atoms with Crippen molar-refractivity contribution in [2.45, 2.75) is 25.3 Å². The zero-order valence-electron chi connectivity index (χ0n) is 9.67. The molecule has 1 aliphatic heterocycles. The lowest BCUT2D eigenvalue weighted by atomic mass is 10.00. The van der Waals surface area contributed by atoms with Crippen molar-refractivity contribution in [3.8, 4) is 0 Å². The van der Waals surface area contributed by atoms with Gasteiger partial charge in [-0.2, -0.15) is 5.10 Å². The molecule has 2 aromatic heterocycles. The fourth-order valence-electron chi connectivity index (χ4n) is 2.20. The van der Waals surface area contributed by atoms with Gasteiger partial charge in [0.15, 0.2) is 11.5 Å². The number of ether oxygens (including phenoxy) is 1. The van der Waals surface area contributed by atoms with Crippen LogP contribution in [0.5, 0.6) is 0 Å². The van der Waals surface area contributed by atoms with Gasteiger partial charge < -0.3 is 10.5 Å². The maximum atomic E-state index is 5.62. The molecular weight excluding hydrogens is 216 g/mol. The van der Waals surface area contributed by atoms with E-state index in [1.165, 1.54) is 0 Å². The predicted octanol–water partition coefficient (Wildman–Crippen LogP) is 1.08. The summed E-state index contributed by atoms with van der Waals surface area (Å²) in [5.74, 6) is 1.37. The molecule has 1 fully saturated rings. The number of hydrogen-bond acceptors (Lipinski definition) is 4. The molecule has 0 unspecified atom stereocenters. The summed E-state index contributed by atoms with van der Waals surface area (Å²) in [5, 5.41) is 4.52. The average molecular weight is 232 g/mol. The van der Waals surface area contributed by atoms with E-state index in [1.54, 1.807) is 0 Å². The van der Waals surface area contributed by atoms with E-state index in [0.717, 1.165) is 43.1 Å². The molecule has 0 aromatic carbocycles. The number of hydrogen-bond donors (Lipinski definition) is 1. The van der Waals surface area contributed by atoms with Gasteiger partial charge in [0.2, 0.25) is 0 Å². The quantitative estimate of drug-likeness (QED) is 0.841. The third-order valence-electron chi connectivity index (χ3n) is 3.24. The molecule has 1 saturated heterocycles. The normalized spacial score (nSPS) is 17.7. The van der Waals surface area contributed by atoms with Crippen molar-refractivity contribution in [2.75, 3.05) is 13.2 Å². The summed E-state index contributed by atoms with van der Waals surface area (Å²) in [4.78, 5) is 4.59. The van der Waals surface area contributed by atoms with Crippen molar-refractivity contribution < 1.29 is 4.74 Å². The number of pyridine rings is 1. The van der Waals surface area contributed by atoms with Gasteiger partial charge in [0.05, 0.1) is 0 Å². The Labute approximate surface area is 99.6 Å². The lowest BCUT2D eigenvalue weighted by Gasteiger charge is -2.18. The molecule has 2 aromatic rings. The molecule has 1 aliphatic rings. The molecule has 0 aliphatic carbocycles. The Morgan fingerprint density at radius 3 is 3.00 bits per heavy atom. The van der Waals surface area contributed by atoms with E-state index in [2.05, 4.69) is 10.1 Å². The fourth-order valence-corrected chi connectivity index (χ4v) is 2.20. The molecule has 2 N–H and O–H groups in total. The van der Waals surface area contributed by atoms with Crippen LogP contribution in [0.4, 0.5) is 0 Å². The first kappa shape index (κ1) is 10.7. The van der Waals surface area contributed by atoms with Gasteiger partial charge in [-0.25, -0.2) is 9.50 Å². The van der Waals surface area contributed by atoms with E-state index in [4.69, 9.17) is 10.5 Å². The molecule has 90 valence electrons. The highest BCUT2D eigenvalue weighted by Gasteiger charge is 2.20. The molecule has 5 nitrogen and oxygen atoms in total.